The lowest BCUT2D eigenvalue weighted by atomic mass is 9.92. The summed E-state index contributed by atoms with van der Waals surface area (Å²) in [6.45, 7) is 12.9. The first-order valence-electron chi connectivity index (χ1n) is 14.8. The number of H-pyrrole nitrogens is 1. The van der Waals surface area contributed by atoms with Crippen LogP contribution in [0.3, 0.4) is 0 Å². The SMILES string of the molecule is Cc1cc(C)c(-c2cn3c(C)c(N(c4ccccc4)c4nc(-c5ccccc5C)[nH]c4C)nc3c3ccccc23)c(C)c1. The predicted octanol–water partition coefficient (Wildman–Crippen LogP) is 9.86. The summed E-state index contributed by atoms with van der Waals surface area (Å²) in [7, 11) is 0. The number of hydrogen-bond acceptors (Lipinski definition) is 3. The Morgan fingerprint density at radius 3 is 2.00 bits per heavy atom. The van der Waals surface area contributed by atoms with Crippen molar-refractivity contribution in [3.05, 3.63) is 131 Å². The van der Waals surface area contributed by atoms with Crippen molar-refractivity contribution in [1.29, 1.82) is 0 Å². The van der Waals surface area contributed by atoms with Crippen LogP contribution in [0, 0.1) is 41.5 Å². The fourth-order valence-electron chi connectivity index (χ4n) is 6.53. The Kier molecular flexibility index (Phi) is 6.39. The van der Waals surface area contributed by atoms with Crippen LogP contribution >= 0.6 is 0 Å². The van der Waals surface area contributed by atoms with Gasteiger partial charge in [-0.25, -0.2) is 9.97 Å². The molecule has 0 aliphatic rings. The second-order valence-corrected chi connectivity index (χ2v) is 11.6. The summed E-state index contributed by atoms with van der Waals surface area (Å²) in [5.74, 6) is 2.55. The number of imidazole rings is 2. The van der Waals surface area contributed by atoms with Crippen LogP contribution in [0.2, 0.25) is 0 Å². The van der Waals surface area contributed by atoms with E-state index in [2.05, 4.69) is 147 Å². The summed E-state index contributed by atoms with van der Waals surface area (Å²) in [4.78, 5) is 16.3. The summed E-state index contributed by atoms with van der Waals surface area (Å²) in [5, 5.41) is 2.33. The molecule has 1 N–H and O–H groups in total. The molecule has 0 atom stereocenters. The fourth-order valence-corrected chi connectivity index (χ4v) is 6.53. The zero-order chi connectivity index (χ0) is 29.8. The van der Waals surface area contributed by atoms with Gasteiger partial charge in [-0.3, -0.25) is 4.90 Å². The van der Waals surface area contributed by atoms with Crippen LogP contribution in [-0.2, 0) is 0 Å². The molecule has 7 rings (SSSR count). The molecule has 212 valence electrons. The third-order valence-corrected chi connectivity index (χ3v) is 8.48. The van der Waals surface area contributed by atoms with Gasteiger partial charge in [0.15, 0.2) is 11.6 Å². The maximum atomic E-state index is 5.36. The molecule has 43 heavy (non-hydrogen) atoms. The minimum atomic E-state index is 0.839. The largest absolute Gasteiger partial charge is 0.340 e. The van der Waals surface area contributed by atoms with E-state index in [1.807, 2.05) is 6.07 Å². The number of anilines is 3. The molecule has 4 aromatic carbocycles. The monoisotopic (exact) mass is 561 g/mol. The molecule has 3 aromatic heterocycles. The van der Waals surface area contributed by atoms with Crippen molar-refractivity contribution in [3.8, 4) is 22.5 Å². The number of aromatic amines is 1. The van der Waals surface area contributed by atoms with E-state index in [1.165, 1.54) is 38.8 Å². The molecule has 0 amide bonds. The van der Waals surface area contributed by atoms with Crippen molar-refractivity contribution >= 4 is 33.7 Å². The lowest BCUT2D eigenvalue weighted by Crippen LogP contribution is -2.13. The molecule has 5 heteroatoms. The summed E-state index contributed by atoms with van der Waals surface area (Å²) < 4.78 is 2.26. The summed E-state index contributed by atoms with van der Waals surface area (Å²) >= 11 is 0. The Labute approximate surface area is 252 Å². The molecule has 0 aliphatic heterocycles. The molecule has 0 radical (unpaired) electrons. The van der Waals surface area contributed by atoms with Gasteiger partial charge in [0.1, 0.15) is 11.5 Å². The second-order valence-electron chi connectivity index (χ2n) is 11.6. The van der Waals surface area contributed by atoms with E-state index in [4.69, 9.17) is 9.97 Å². The van der Waals surface area contributed by atoms with E-state index in [-0.39, 0.29) is 0 Å². The van der Waals surface area contributed by atoms with Crippen molar-refractivity contribution in [1.82, 2.24) is 19.4 Å². The van der Waals surface area contributed by atoms with Crippen molar-refractivity contribution < 1.29 is 0 Å². The number of aryl methyl sites for hydroxylation is 6. The van der Waals surface area contributed by atoms with E-state index >= 15 is 0 Å². The maximum absolute atomic E-state index is 5.36. The lowest BCUT2D eigenvalue weighted by molar-refractivity contribution is 1.09. The van der Waals surface area contributed by atoms with E-state index < -0.39 is 0 Å². The van der Waals surface area contributed by atoms with Crippen LogP contribution in [0.15, 0.2) is 97.2 Å². The Morgan fingerprint density at radius 1 is 0.628 bits per heavy atom. The number of aromatic nitrogens is 4. The van der Waals surface area contributed by atoms with Crippen LogP contribution in [0.1, 0.15) is 33.6 Å². The highest BCUT2D eigenvalue weighted by Gasteiger charge is 2.26. The summed E-state index contributed by atoms with van der Waals surface area (Å²) in [6.07, 6.45) is 2.27. The Balaban J connectivity index is 1.50. The van der Waals surface area contributed by atoms with Gasteiger partial charge in [-0.1, -0.05) is 84.4 Å². The number of benzene rings is 4. The van der Waals surface area contributed by atoms with Gasteiger partial charge < -0.3 is 9.38 Å². The molecule has 3 heterocycles. The third-order valence-electron chi connectivity index (χ3n) is 8.48. The van der Waals surface area contributed by atoms with E-state index in [0.717, 1.165) is 51.1 Å². The van der Waals surface area contributed by atoms with Gasteiger partial charge in [-0.2, -0.15) is 0 Å². The van der Waals surface area contributed by atoms with E-state index in [9.17, 15) is 0 Å². The fraction of sp³-hybridized carbons (Fsp3) is 0.158. The van der Waals surface area contributed by atoms with Crippen LogP contribution in [-0.4, -0.2) is 19.4 Å². The van der Waals surface area contributed by atoms with Gasteiger partial charge in [-0.15, -0.1) is 0 Å². The Bertz CT molecular complexity index is 2130. The van der Waals surface area contributed by atoms with Crippen LogP contribution in [0.5, 0.6) is 0 Å². The van der Waals surface area contributed by atoms with Gasteiger partial charge in [-0.05, 0) is 81.3 Å². The van der Waals surface area contributed by atoms with E-state index in [0.29, 0.717) is 0 Å². The summed E-state index contributed by atoms with van der Waals surface area (Å²) in [6, 6.07) is 31.9. The Hall–Kier alpha value is -5.16. The minimum absolute atomic E-state index is 0.839. The number of nitrogens with zero attached hydrogens (tertiary/aromatic N) is 4. The lowest BCUT2D eigenvalue weighted by Gasteiger charge is -2.22. The van der Waals surface area contributed by atoms with Gasteiger partial charge >= 0.3 is 0 Å². The molecule has 0 aliphatic carbocycles. The topological polar surface area (TPSA) is 49.2 Å². The molecule has 0 fully saturated rings. The smallest absolute Gasteiger partial charge is 0.161 e. The van der Waals surface area contributed by atoms with Gasteiger partial charge in [0.25, 0.3) is 0 Å². The molecular formula is C38H35N5. The second kappa shape index (κ2) is 10.3. The average molecular weight is 562 g/mol. The first-order chi connectivity index (χ1) is 20.8. The van der Waals surface area contributed by atoms with Gasteiger partial charge in [0.05, 0.1) is 11.4 Å². The molecular weight excluding hydrogens is 526 g/mol. The third kappa shape index (κ3) is 4.40. The molecule has 0 saturated heterocycles. The Morgan fingerprint density at radius 2 is 1.28 bits per heavy atom. The predicted molar refractivity (Wildman–Crippen MR) is 179 cm³/mol. The normalized spacial score (nSPS) is 11.5. The highest BCUT2D eigenvalue weighted by atomic mass is 15.3. The van der Waals surface area contributed by atoms with Crippen molar-refractivity contribution in [3.63, 3.8) is 0 Å². The number of rotatable bonds is 5. The quantitative estimate of drug-likeness (QED) is 0.227. The minimum Gasteiger partial charge on any atom is -0.340 e. The zero-order valence-corrected chi connectivity index (χ0v) is 25.5. The summed E-state index contributed by atoms with van der Waals surface area (Å²) in [5.41, 5.74) is 12.6. The highest BCUT2D eigenvalue weighted by molar-refractivity contribution is 6.05. The number of pyridine rings is 1. The first kappa shape index (κ1) is 26.7. The standard InChI is InChI=1S/C38H35N5/c1-23-20-25(3)34(26(4)21-23)33-22-42-28(6)37(41-38(42)32-19-13-12-18-31(32)33)43(29-15-8-7-9-16-29)36-27(5)39-35(40-36)30-17-11-10-14-24(30)2/h7-22H,1-6H3,(H,39,40). The molecule has 0 unspecified atom stereocenters. The van der Waals surface area contributed by atoms with Crippen molar-refractivity contribution in [2.24, 2.45) is 0 Å². The molecule has 7 aromatic rings. The van der Waals surface area contributed by atoms with Crippen molar-refractivity contribution in [2.75, 3.05) is 4.90 Å². The van der Waals surface area contributed by atoms with E-state index in [1.54, 1.807) is 0 Å². The van der Waals surface area contributed by atoms with Gasteiger partial charge in [0, 0.05) is 28.4 Å². The molecule has 0 bridgehead atoms. The van der Waals surface area contributed by atoms with Crippen LogP contribution in [0.4, 0.5) is 17.3 Å². The highest BCUT2D eigenvalue weighted by Crippen LogP contribution is 2.41. The van der Waals surface area contributed by atoms with Crippen LogP contribution in [0.25, 0.3) is 38.9 Å². The molecule has 0 saturated carbocycles. The zero-order valence-electron chi connectivity index (χ0n) is 25.5. The number of fused-ring (bicyclic) bond motifs is 3. The molecule has 0 spiro atoms. The van der Waals surface area contributed by atoms with Gasteiger partial charge in [0.2, 0.25) is 0 Å². The van der Waals surface area contributed by atoms with Crippen LogP contribution < -0.4 is 4.90 Å². The average Bonchev–Trinajstić information content (AvgIpc) is 3.53. The first-order valence-corrected chi connectivity index (χ1v) is 14.8. The maximum Gasteiger partial charge on any atom is 0.161 e. The number of hydrogen-bond donors (Lipinski definition) is 1. The van der Waals surface area contributed by atoms with Crippen molar-refractivity contribution in [2.45, 2.75) is 41.5 Å². The molecule has 5 nitrogen and oxygen atoms in total. The number of para-hydroxylation sites is 1. The number of nitrogens with one attached hydrogen (secondary N) is 1.